The lowest BCUT2D eigenvalue weighted by Gasteiger charge is -2.41. The maximum Gasteiger partial charge on any atom is 0.244 e. The molecule has 1 atom stereocenters. The van der Waals surface area contributed by atoms with Crippen molar-refractivity contribution < 1.29 is 9.90 Å². The number of phenolic OH excluding ortho intramolecular Hbond substituents is 1. The summed E-state index contributed by atoms with van der Waals surface area (Å²) in [6.45, 7) is 8.90. The molecule has 1 saturated heterocycles. The number of hydrogen-bond acceptors (Lipinski definition) is 4. The molecular formula is C22H29N3O2. The van der Waals surface area contributed by atoms with Gasteiger partial charge in [0, 0.05) is 45.0 Å². The zero-order chi connectivity index (χ0) is 19.2. The summed E-state index contributed by atoms with van der Waals surface area (Å²) in [4.78, 5) is 19.8. The SMILES string of the molecule is CCN(CC)C(=O)C(c1ccccc1)N1CCN(c2ccc(O)cc2)CC1. The number of carbonyl (C=O) groups excluding carboxylic acids is 1. The topological polar surface area (TPSA) is 47.0 Å². The van der Waals surface area contributed by atoms with Gasteiger partial charge in [0.25, 0.3) is 0 Å². The molecule has 0 saturated carbocycles. The maximum absolute atomic E-state index is 13.2. The van der Waals surface area contributed by atoms with E-state index in [9.17, 15) is 9.90 Å². The summed E-state index contributed by atoms with van der Waals surface area (Å²) in [6, 6.07) is 17.2. The van der Waals surface area contributed by atoms with Crippen LogP contribution in [-0.4, -0.2) is 60.1 Å². The monoisotopic (exact) mass is 367 g/mol. The highest BCUT2D eigenvalue weighted by Crippen LogP contribution is 2.27. The molecule has 5 nitrogen and oxygen atoms in total. The van der Waals surface area contributed by atoms with Gasteiger partial charge in [-0.15, -0.1) is 0 Å². The van der Waals surface area contributed by atoms with Gasteiger partial charge in [-0.2, -0.15) is 0 Å². The van der Waals surface area contributed by atoms with Crippen molar-refractivity contribution in [3.8, 4) is 5.75 Å². The van der Waals surface area contributed by atoms with Gasteiger partial charge in [0.15, 0.2) is 0 Å². The standard InChI is InChI=1S/C22H29N3O2/c1-3-23(4-2)22(27)21(18-8-6-5-7-9-18)25-16-14-24(15-17-25)19-10-12-20(26)13-11-19/h5-13,21,26H,3-4,14-17H2,1-2H3. The average Bonchev–Trinajstić information content (AvgIpc) is 2.71. The minimum absolute atomic E-state index is 0.185. The molecule has 5 heteroatoms. The third kappa shape index (κ3) is 4.42. The van der Waals surface area contributed by atoms with Crippen LogP contribution in [0.25, 0.3) is 0 Å². The zero-order valence-corrected chi connectivity index (χ0v) is 16.2. The minimum Gasteiger partial charge on any atom is -0.508 e. The number of nitrogens with zero attached hydrogens (tertiary/aromatic N) is 3. The number of amides is 1. The molecule has 2 aromatic carbocycles. The predicted molar refractivity (Wildman–Crippen MR) is 109 cm³/mol. The average molecular weight is 367 g/mol. The molecule has 1 unspecified atom stereocenters. The Hall–Kier alpha value is -2.53. The van der Waals surface area contributed by atoms with E-state index < -0.39 is 0 Å². The van der Waals surface area contributed by atoms with Crippen molar-refractivity contribution >= 4 is 11.6 Å². The third-order valence-electron chi connectivity index (χ3n) is 5.32. The number of phenols is 1. The van der Waals surface area contributed by atoms with E-state index in [1.807, 2.05) is 49.1 Å². The van der Waals surface area contributed by atoms with Crippen molar-refractivity contribution in [3.63, 3.8) is 0 Å². The molecule has 0 aromatic heterocycles. The molecule has 3 rings (SSSR count). The molecule has 1 heterocycles. The van der Waals surface area contributed by atoms with E-state index in [0.29, 0.717) is 0 Å². The second kappa shape index (κ2) is 8.91. The molecule has 0 aliphatic carbocycles. The quantitative estimate of drug-likeness (QED) is 0.852. The summed E-state index contributed by atoms with van der Waals surface area (Å²) >= 11 is 0. The highest BCUT2D eigenvalue weighted by molar-refractivity contribution is 5.83. The normalized spacial score (nSPS) is 16.1. The number of carbonyl (C=O) groups is 1. The molecule has 1 aliphatic rings. The van der Waals surface area contributed by atoms with Crippen LogP contribution < -0.4 is 4.90 Å². The molecule has 1 amide bonds. The Morgan fingerprint density at radius 3 is 2.11 bits per heavy atom. The molecule has 2 aromatic rings. The van der Waals surface area contributed by atoms with Crippen molar-refractivity contribution in [2.45, 2.75) is 19.9 Å². The zero-order valence-electron chi connectivity index (χ0n) is 16.2. The van der Waals surface area contributed by atoms with Crippen molar-refractivity contribution in [1.29, 1.82) is 0 Å². The molecule has 1 N–H and O–H groups in total. The summed E-state index contributed by atoms with van der Waals surface area (Å²) in [5.41, 5.74) is 2.17. The van der Waals surface area contributed by atoms with Gasteiger partial charge in [-0.1, -0.05) is 30.3 Å². The Morgan fingerprint density at radius 2 is 1.56 bits per heavy atom. The van der Waals surface area contributed by atoms with Gasteiger partial charge in [-0.25, -0.2) is 0 Å². The fraction of sp³-hybridized carbons (Fsp3) is 0.409. The van der Waals surface area contributed by atoms with Crippen LogP contribution in [0.15, 0.2) is 54.6 Å². The highest BCUT2D eigenvalue weighted by atomic mass is 16.3. The summed E-state index contributed by atoms with van der Waals surface area (Å²) in [7, 11) is 0. The van der Waals surface area contributed by atoms with Crippen LogP contribution >= 0.6 is 0 Å². The Bertz CT molecular complexity index is 721. The number of hydrogen-bond donors (Lipinski definition) is 1. The lowest BCUT2D eigenvalue weighted by Crippen LogP contribution is -2.51. The fourth-order valence-corrected chi connectivity index (χ4v) is 3.75. The van der Waals surface area contributed by atoms with Crippen LogP contribution in [0.5, 0.6) is 5.75 Å². The molecule has 0 bridgehead atoms. The molecular weight excluding hydrogens is 338 g/mol. The Kier molecular flexibility index (Phi) is 6.35. The van der Waals surface area contributed by atoms with Gasteiger partial charge >= 0.3 is 0 Å². The van der Waals surface area contributed by atoms with Crippen LogP contribution in [0.1, 0.15) is 25.5 Å². The number of rotatable bonds is 6. The number of anilines is 1. The van der Waals surface area contributed by atoms with Crippen LogP contribution in [0.2, 0.25) is 0 Å². The van der Waals surface area contributed by atoms with Gasteiger partial charge in [-0.3, -0.25) is 9.69 Å². The highest BCUT2D eigenvalue weighted by Gasteiger charge is 2.32. The molecule has 1 aliphatic heterocycles. The third-order valence-corrected chi connectivity index (χ3v) is 5.32. The van der Waals surface area contributed by atoms with Gasteiger partial charge in [0.1, 0.15) is 11.8 Å². The van der Waals surface area contributed by atoms with Crippen molar-refractivity contribution in [2.75, 3.05) is 44.2 Å². The van der Waals surface area contributed by atoms with Crippen molar-refractivity contribution in [3.05, 3.63) is 60.2 Å². The summed E-state index contributed by atoms with van der Waals surface area (Å²) in [5, 5.41) is 9.49. The smallest absolute Gasteiger partial charge is 0.244 e. The number of aromatic hydroxyl groups is 1. The first-order valence-electron chi connectivity index (χ1n) is 9.75. The van der Waals surface area contributed by atoms with Gasteiger partial charge in [0.2, 0.25) is 5.91 Å². The lowest BCUT2D eigenvalue weighted by molar-refractivity contribution is -0.137. The lowest BCUT2D eigenvalue weighted by atomic mass is 10.0. The molecule has 0 radical (unpaired) electrons. The fourth-order valence-electron chi connectivity index (χ4n) is 3.75. The molecule has 0 spiro atoms. The second-order valence-corrected chi connectivity index (χ2v) is 6.86. The number of benzene rings is 2. The Morgan fingerprint density at radius 1 is 0.963 bits per heavy atom. The van der Waals surface area contributed by atoms with E-state index in [1.54, 1.807) is 12.1 Å². The van der Waals surface area contributed by atoms with Crippen molar-refractivity contribution in [2.24, 2.45) is 0 Å². The number of piperazine rings is 1. The number of likely N-dealkylation sites (N-methyl/N-ethyl adjacent to an activating group) is 1. The molecule has 1 fully saturated rings. The van der Waals surface area contributed by atoms with Crippen LogP contribution in [0, 0.1) is 0 Å². The van der Waals surface area contributed by atoms with E-state index >= 15 is 0 Å². The summed E-state index contributed by atoms with van der Waals surface area (Å²) in [5.74, 6) is 0.468. The molecule has 27 heavy (non-hydrogen) atoms. The van der Waals surface area contributed by atoms with Gasteiger partial charge < -0.3 is 14.9 Å². The summed E-state index contributed by atoms with van der Waals surface area (Å²) < 4.78 is 0. The molecule has 144 valence electrons. The van der Waals surface area contributed by atoms with E-state index in [2.05, 4.69) is 21.9 Å². The second-order valence-electron chi connectivity index (χ2n) is 6.86. The van der Waals surface area contributed by atoms with Crippen LogP contribution in [0.4, 0.5) is 5.69 Å². The van der Waals surface area contributed by atoms with Gasteiger partial charge in [0.05, 0.1) is 0 Å². The minimum atomic E-state index is -0.229. The van der Waals surface area contributed by atoms with Crippen LogP contribution in [0.3, 0.4) is 0 Å². The van der Waals surface area contributed by atoms with Crippen molar-refractivity contribution in [1.82, 2.24) is 9.80 Å². The first kappa shape index (κ1) is 19.2. The first-order chi connectivity index (χ1) is 13.1. The van der Waals surface area contributed by atoms with E-state index in [4.69, 9.17) is 0 Å². The van der Waals surface area contributed by atoms with Gasteiger partial charge in [-0.05, 0) is 43.7 Å². The van der Waals surface area contributed by atoms with Crippen LogP contribution in [-0.2, 0) is 4.79 Å². The summed E-state index contributed by atoms with van der Waals surface area (Å²) in [6.07, 6.45) is 0. The Balaban J connectivity index is 1.76. The maximum atomic E-state index is 13.2. The van der Waals surface area contributed by atoms with E-state index in [0.717, 1.165) is 50.5 Å². The van der Waals surface area contributed by atoms with E-state index in [-0.39, 0.29) is 17.7 Å². The predicted octanol–water partition coefficient (Wildman–Crippen LogP) is 3.12. The largest absolute Gasteiger partial charge is 0.508 e. The first-order valence-corrected chi connectivity index (χ1v) is 9.75. The van der Waals surface area contributed by atoms with E-state index in [1.165, 1.54) is 0 Å². The Labute approximate surface area is 161 Å².